The highest BCUT2D eigenvalue weighted by Crippen LogP contribution is 2.47. The Kier molecular flexibility index (Phi) is 12.3. The van der Waals surface area contributed by atoms with Gasteiger partial charge in [-0.05, 0) is 111 Å². The Hall–Kier alpha value is -5.59. The molecule has 3 aliphatic heterocycles. The highest BCUT2D eigenvalue weighted by molar-refractivity contribution is 6.01. The molecule has 0 radical (unpaired) electrons. The van der Waals surface area contributed by atoms with Crippen molar-refractivity contribution in [2.75, 3.05) is 50.8 Å². The van der Waals surface area contributed by atoms with E-state index in [1.165, 1.54) is 6.92 Å². The van der Waals surface area contributed by atoms with Crippen molar-refractivity contribution >= 4 is 17.4 Å². The number of phenols is 1. The lowest BCUT2D eigenvalue weighted by atomic mass is 9.75. The Morgan fingerprint density at radius 3 is 2.60 bits per heavy atom. The van der Waals surface area contributed by atoms with Crippen molar-refractivity contribution in [1.29, 1.82) is 0 Å². The van der Waals surface area contributed by atoms with Gasteiger partial charge in [0.25, 0.3) is 5.91 Å². The molecule has 0 aliphatic carbocycles. The average molecular weight is 770 g/mol. The molecule has 4 aromatic carbocycles. The second-order valence-electron chi connectivity index (χ2n) is 15.6. The van der Waals surface area contributed by atoms with Crippen LogP contribution in [-0.4, -0.2) is 78.6 Å². The lowest BCUT2D eigenvalue weighted by Crippen LogP contribution is -2.46. The van der Waals surface area contributed by atoms with Crippen LogP contribution in [0.4, 0.5) is 10.1 Å². The minimum atomic E-state index is -0.515. The number of fused-ring (bicyclic) bond motifs is 2. The molecule has 296 valence electrons. The molecule has 1 N–H and O–H groups in total. The quantitative estimate of drug-likeness (QED) is 0.0961. The molecular weight excluding hydrogens is 718 g/mol. The Bertz CT molecular complexity index is 2170. The van der Waals surface area contributed by atoms with E-state index in [1.54, 1.807) is 29.2 Å². The number of terminal acetylenes is 1. The maximum Gasteiger partial charge on any atom is 0.255 e. The number of carbonyl (C=O) groups excluding carboxylic acids is 2. The smallest absolute Gasteiger partial charge is 0.255 e. The van der Waals surface area contributed by atoms with E-state index in [0.29, 0.717) is 49.5 Å². The minimum Gasteiger partial charge on any atom is -0.508 e. The van der Waals surface area contributed by atoms with E-state index in [2.05, 4.69) is 53.5 Å². The summed E-state index contributed by atoms with van der Waals surface area (Å²) in [5, 5.41) is 10.1. The first-order valence-electron chi connectivity index (χ1n) is 20.1. The summed E-state index contributed by atoms with van der Waals surface area (Å²) in [7, 11) is 0. The number of Topliss-reactive ketones (excluding diaryl/α,β-unsaturated/α-hetero) is 1. The molecule has 7 rings (SSSR count). The number of ketones is 1. The SMILES string of the molecule is C#CC(=C)CCC(C(C)=O)N1Cc2cc(N3CCN(CCCCCOc4ccc(C5c6ccc(O)cc6OCC5c5cccc(C)c5)cc4F)CC3)ccc2C1=O. The fraction of sp³-hybridized carbons (Fsp3) is 0.375. The van der Waals surface area contributed by atoms with Gasteiger partial charge in [-0.25, -0.2) is 4.39 Å². The predicted molar refractivity (Wildman–Crippen MR) is 222 cm³/mol. The van der Waals surface area contributed by atoms with Gasteiger partial charge in [0, 0.05) is 67.4 Å². The molecule has 1 fully saturated rings. The third kappa shape index (κ3) is 9.03. The van der Waals surface area contributed by atoms with Crippen LogP contribution in [0.15, 0.2) is 91.0 Å². The van der Waals surface area contributed by atoms with Crippen LogP contribution in [0.3, 0.4) is 0 Å². The zero-order chi connectivity index (χ0) is 40.1. The summed E-state index contributed by atoms with van der Waals surface area (Å²) < 4.78 is 27.6. The first-order chi connectivity index (χ1) is 27.6. The topological polar surface area (TPSA) is 82.6 Å². The van der Waals surface area contributed by atoms with Crippen molar-refractivity contribution in [2.45, 2.75) is 70.4 Å². The van der Waals surface area contributed by atoms with Crippen LogP contribution >= 0.6 is 0 Å². The molecule has 3 unspecified atom stereocenters. The van der Waals surface area contributed by atoms with Gasteiger partial charge in [0.15, 0.2) is 17.3 Å². The van der Waals surface area contributed by atoms with Gasteiger partial charge in [0.2, 0.25) is 0 Å². The largest absolute Gasteiger partial charge is 0.508 e. The number of phenolic OH excluding ortho intramolecular Hbond substituents is 1. The van der Waals surface area contributed by atoms with E-state index < -0.39 is 6.04 Å². The summed E-state index contributed by atoms with van der Waals surface area (Å²) in [4.78, 5) is 32.3. The van der Waals surface area contributed by atoms with Gasteiger partial charge < -0.3 is 24.4 Å². The van der Waals surface area contributed by atoms with Crippen LogP contribution in [0, 0.1) is 25.1 Å². The van der Waals surface area contributed by atoms with Crippen LogP contribution < -0.4 is 14.4 Å². The molecule has 1 amide bonds. The van der Waals surface area contributed by atoms with E-state index >= 15 is 4.39 Å². The number of carbonyl (C=O) groups is 2. The second-order valence-corrected chi connectivity index (χ2v) is 15.6. The number of anilines is 1. The summed E-state index contributed by atoms with van der Waals surface area (Å²) in [6, 6.07) is 24.3. The summed E-state index contributed by atoms with van der Waals surface area (Å²) in [5.74, 6) is 2.87. The van der Waals surface area contributed by atoms with Gasteiger partial charge in [-0.15, -0.1) is 6.42 Å². The molecule has 0 spiro atoms. The zero-order valence-corrected chi connectivity index (χ0v) is 33.0. The van der Waals surface area contributed by atoms with Crippen molar-refractivity contribution in [3.63, 3.8) is 0 Å². The van der Waals surface area contributed by atoms with Crippen molar-refractivity contribution < 1.29 is 28.6 Å². The summed E-state index contributed by atoms with van der Waals surface area (Å²) >= 11 is 0. The van der Waals surface area contributed by atoms with Crippen molar-refractivity contribution in [3.05, 3.63) is 130 Å². The lowest BCUT2D eigenvalue weighted by Gasteiger charge is -2.36. The number of halogens is 1. The van der Waals surface area contributed by atoms with Crippen molar-refractivity contribution in [1.82, 2.24) is 9.80 Å². The number of amides is 1. The highest BCUT2D eigenvalue weighted by Gasteiger charge is 2.36. The number of piperazine rings is 1. The van der Waals surface area contributed by atoms with Crippen LogP contribution in [0.5, 0.6) is 17.2 Å². The molecule has 4 aromatic rings. The Balaban J connectivity index is 0.864. The number of rotatable bonds is 15. The van der Waals surface area contributed by atoms with Gasteiger partial charge in [0.05, 0.1) is 19.3 Å². The van der Waals surface area contributed by atoms with E-state index in [0.717, 1.165) is 85.5 Å². The maximum atomic E-state index is 15.6. The second kappa shape index (κ2) is 17.7. The van der Waals surface area contributed by atoms with Crippen LogP contribution in [0.25, 0.3) is 0 Å². The highest BCUT2D eigenvalue weighted by atomic mass is 19.1. The molecule has 57 heavy (non-hydrogen) atoms. The van der Waals surface area contributed by atoms with Gasteiger partial charge in [-0.1, -0.05) is 54.5 Å². The van der Waals surface area contributed by atoms with Crippen LogP contribution in [0.1, 0.15) is 89.0 Å². The first kappa shape index (κ1) is 39.6. The zero-order valence-electron chi connectivity index (χ0n) is 33.0. The maximum absolute atomic E-state index is 15.6. The van der Waals surface area contributed by atoms with Gasteiger partial charge >= 0.3 is 0 Å². The number of hydrogen-bond acceptors (Lipinski definition) is 7. The molecule has 0 saturated carbocycles. The Morgan fingerprint density at radius 2 is 1.84 bits per heavy atom. The molecule has 3 atom stereocenters. The fourth-order valence-electron chi connectivity index (χ4n) is 8.59. The van der Waals surface area contributed by atoms with Gasteiger partial charge in [-0.3, -0.25) is 14.5 Å². The molecule has 8 nitrogen and oxygen atoms in total. The summed E-state index contributed by atoms with van der Waals surface area (Å²) in [5.41, 5.74) is 7.41. The average Bonchev–Trinajstić information content (AvgIpc) is 3.53. The molecule has 3 heterocycles. The number of aryl methyl sites for hydroxylation is 1. The Labute approximate surface area is 335 Å². The molecule has 3 aliphatic rings. The monoisotopic (exact) mass is 769 g/mol. The van der Waals surface area contributed by atoms with Crippen molar-refractivity contribution in [3.8, 4) is 29.6 Å². The van der Waals surface area contributed by atoms with E-state index in [-0.39, 0.29) is 40.8 Å². The number of allylic oxidation sites excluding steroid dienone is 1. The standard InChI is InChI=1S/C48H52FN3O5/c1-5-32(2)12-18-44(34(4)53)52-30-37-27-38(14-16-40(37)48(52)55)51-23-21-50(22-24-51)20-7-6-8-25-56-45-19-13-36(28-43(45)49)47-41-17-15-39(54)29-46(41)57-31-42(47)35-11-9-10-33(3)26-35/h1,9-11,13-17,19,26-29,42,44,47,54H,2,6-8,12,18,20-25,30-31H2,3-4H3. The van der Waals surface area contributed by atoms with Crippen LogP contribution in [-0.2, 0) is 11.3 Å². The third-order valence-corrected chi connectivity index (χ3v) is 11.7. The molecule has 9 heteroatoms. The summed E-state index contributed by atoms with van der Waals surface area (Å²) in [6.45, 7) is 13.4. The fourth-order valence-corrected chi connectivity index (χ4v) is 8.59. The molecule has 1 saturated heterocycles. The van der Waals surface area contributed by atoms with E-state index in [1.807, 2.05) is 30.3 Å². The molecule has 0 aromatic heterocycles. The number of hydrogen-bond donors (Lipinski definition) is 1. The third-order valence-electron chi connectivity index (χ3n) is 11.7. The summed E-state index contributed by atoms with van der Waals surface area (Å²) in [6.07, 6.45) is 9.29. The first-order valence-corrected chi connectivity index (χ1v) is 20.1. The van der Waals surface area contributed by atoms with Gasteiger partial charge in [0.1, 0.15) is 11.5 Å². The minimum absolute atomic E-state index is 0.0153. The number of benzene rings is 4. The Morgan fingerprint density at radius 1 is 1.02 bits per heavy atom. The van der Waals surface area contributed by atoms with E-state index in [9.17, 15) is 14.7 Å². The van der Waals surface area contributed by atoms with Crippen LogP contribution in [0.2, 0.25) is 0 Å². The van der Waals surface area contributed by atoms with Crippen molar-refractivity contribution in [2.24, 2.45) is 0 Å². The number of unbranched alkanes of at least 4 members (excludes halogenated alkanes) is 2. The van der Waals surface area contributed by atoms with E-state index in [4.69, 9.17) is 15.9 Å². The lowest BCUT2D eigenvalue weighted by molar-refractivity contribution is -0.121. The molecular formula is C48H52FN3O5. The predicted octanol–water partition coefficient (Wildman–Crippen LogP) is 8.40. The number of aromatic hydroxyl groups is 1. The number of ether oxygens (including phenoxy) is 2. The van der Waals surface area contributed by atoms with Gasteiger partial charge in [-0.2, -0.15) is 0 Å². The normalized spacial score (nSPS) is 18.3. The number of nitrogens with zero attached hydrogens (tertiary/aromatic N) is 3. The molecule has 0 bridgehead atoms.